The summed E-state index contributed by atoms with van der Waals surface area (Å²) in [5.41, 5.74) is 1.05. The van der Waals surface area contributed by atoms with E-state index in [-0.39, 0.29) is 23.7 Å². The quantitative estimate of drug-likeness (QED) is 0.722. The highest BCUT2D eigenvalue weighted by Crippen LogP contribution is 2.17. The second kappa shape index (κ2) is 7.77. The number of ketones is 1. The summed E-state index contributed by atoms with van der Waals surface area (Å²) >= 11 is 0. The SMILES string of the molecule is C=CC(=O)N(C(C)C)C(Cc1ccccc1)C(=O)C(C)C. The summed E-state index contributed by atoms with van der Waals surface area (Å²) in [5.74, 6) is -0.222. The summed E-state index contributed by atoms with van der Waals surface area (Å²) in [5, 5.41) is 0. The molecule has 114 valence electrons. The van der Waals surface area contributed by atoms with Crippen molar-refractivity contribution in [2.24, 2.45) is 5.92 Å². The molecule has 0 aliphatic heterocycles. The van der Waals surface area contributed by atoms with Gasteiger partial charge >= 0.3 is 0 Å². The first kappa shape index (κ1) is 17.2. The molecule has 0 spiro atoms. The molecular weight excluding hydrogens is 262 g/mol. The molecule has 0 saturated heterocycles. The van der Waals surface area contributed by atoms with Crippen LogP contribution in [0.25, 0.3) is 0 Å². The fourth-order valence-corrected chi connectivity index (χ4v) is 2.43. The number of nitrogens with zero attached hydrogens (tertiary/aromatic N) is 1. The van der Waals surface area contributed by atoms with E-state index in [0.29, 0.717) is 6.42 Å². The van der Waals surface area contributed by atoms with Crippen molar-refractivity contribution in [2.45, 2.75) is 46.2 Å². The first-order valence-corrected chi connectivity index (χ1v) is 7.40. The molecule has 0 radical (unpaired) electrons. The van der Waals surface area contributed by atoms with Crippen molar-refractivity contribution in [1.82, 2.24) is 4.90 Å². The molecule has 0 aliphatic rings. The molecule has 0 heterocycles. The number of benzene rings is 1. The zero-order valence-corrected chi connectivity index (χ0v) is 13.4. The zero-order chi connectivity index (χ0) is 16.0. The van der Waals surface area contributed by atoms with Crippen LogP contribution in [0.4, 0.5) is 0 Å². The molecule has 1 aromatic rings. The molecule has 1 amide bonds. The molecule has 0 N–H and O–H groups in total. The molecule has 0 aromatic heterocycles. The van der Waals surface area contributed by atoms with Gasteiger partial charge in [-0.2, -0.15) is 0 Å². The predicted octanol–water partition coefficient (Wildman–Crippen LogP) is 3.25. The molecular formula is C18H25NO2. The van der Waals surface area contributed by atoms with Gasteiger partial charge in [0.2, 0.25) is 5.91 Å². The molecule has 1 aromatic carbocycles. The van der Waals surface area contributed by atoms with Crippen molar-refractivity contribution in [3.63, 3.8) is 0 Å². The van der Waals surface area contributed by atoms with Crippen molar-refractivity contribution < 1.29 is 9.59 Å². The summed E-state index contributed by atoms with van der Waals surface area (Å²) in [6.45, 7) is 11.1. The first-order valence-electron chi connectivity index (χ1n) is 7.40. The van der Waals surface area contributed by atoms with Gasteiger partial charge in [0.15, 0.2) is 5.78 Å². The van der Waals surface area contributed by atoms with Gasteiger partial charge in [-0.25, -0.2) is 0 Å². The fraction of sp³-hybridized carbons (Fsp3) is 0.444. The van der Waals surface area contributed by atoms with Crippen LogP contribution in [0.1, 0.15) is 33.3 Å². The lowest BCUT2D eigenvalue weighted by Crippen LogP contribution is -2.50. The van der Waals surface area contributed by atoms with E-state index in [9.17, 15) is 9.59 Å². The molecule has 0 fully saturated rings. The van der Waals surface area contributed by atoms with Crippen LogP contribution in [0.15, 0.2) is 43.0 Å². The number of carbonyl (C=O) groups excluding carboxylic acids is 2. The third-order valence-corrected chi connectivity index (χ3v) is 3.49. The summed E-state index contributed by atoms with van der Waals surface area (Å²) in [7, 11) is 0. The largest absolute Gasteiger partial charge is 0.326 e. The molecule has 0 saturated carbocycles. The van der Waals surface area contributed by atoms with Crippen LogP contribution >= 0.6 is 0 Å². The number of hydrogen-bond acceptors (Lipinski definition) is 2. The highest BCUT2D eigenvalue weighted by Gasteiger charge is 2.31. The van der Waals surface area contributed by atoms with Gasteiger partial charge in [0.25, 0.3) is 0 Å². The Bertz CT molecular complexity index is 491. The maximum Gasteiger partial charge on any atom is 0.246 e. The summed E-state index contributed by atoms with van der Waals surface area (Å²) in [4.78, 5) is 26.4. The Morgan fingerprint density at radius 1 is 1.14 bits per heavy atom. The second-order valence-corrected chi connectivity index (χ2v) is 5.81. The average molecular weight is 287 g/mol. The van der Waals surface area contributed by atoms with Crippen LogP contribution in [0.2, 0.25) is 0 Å². The van der Waals surface area contributed by atoms with Crippen LogP contribution in [0.5, 0.6) is 0 Å². The third-order valence-electron chi connectivity index (χ3n) is 3.49. The molecule has 3 heteroatoms. The maximum atomic E-state index is 12.6. The van der Waals surface area contributed by atoms with Crippen LogP contribution in [-0.4, -0.2) is 28.7 Å². The fourth-order valence-electron chi connectivity index (χ4n) is 2.43. The Balaban J connectivity index is 3.14. The Labute approximate surface area is 127 Å². The standard InChI is InChI=1S/C18H25NO2/c1-6-17(20)19(14(4)5)16(18(21)13(2)3)12-15-10-8-7-9-11-15/h6-11,13-14,16H,1,12H2,2-5H3. The van der Waals surface area contributed by atoms with Gasteiger partial charge in [-0.1, -0.05) is 50.8 Å². The van der Waals surface area contributed by atoms with E-state index in [4.69, 9.17) is 0 Å². The van der Waals surface area contributed by atoms with Crippen molar-refractivity contribution in [1.29, 1.82) is 0 Å². The lowest BCUT2D eigenvalue weighted by Gasteiger charge is -2.34. The van der Waals surface area contributed by atoms with E-state index >= 15 is 0 Å². The number of rotatable bonds is 7. The van der Waals surface area contributed by atoms with E-state index in [0.717, 1.165) is 5.56 Å². The molecule has 0 bridgehead atoms. The van der Waals surface area contributed by atoms with E-state index < -0.39 is 6.04 Å². The van der Waals surface area contributed by atoms with Crippen LogP contribution in [-0.2, 0) is 16.0 Å². The van der Waals surface area contributed by atoms with Crippen molar-refractivity contribution >= 4 is 11.7 Å². The minimum absolute atomic E-state index is 0.0492. The minimum Gasteiger partial charge on any atom is -0.326 e. The molecule has 1 unspecified atom stereocenters. The van der Waals surface area contributed by atoms with Crippen LogP contribution < -0.4 is 0 Å². The first-order chi connectivity index (χ1) is 9.88. The van der Waals surface area contributed by atoms with Crippen LogP contribution in [0.3, 0.4) is 0 Å². The Morgan fingerprint density at radius 2 is 1.71 bits per heavy atom. The topological polar surface area (TPSA) is 37.4 Å². The Morgan fingerprint density at radius 3 is 2.14 bits per heavy atom. The van der Waals surface area contributed by atoms with Crippen molar-refractivity contribution in [2.75, 3.05) is 0 Å². The molecule has 0 aliphatic carbocycles. The van der Waals surface area contributed by atoms with Crippen molar-refractivity contribution in [3.8, 4) is 0 Å². The minimum atomic E-state index is -0.446. The van der Waals surface area contributed by atoms with Gasteiger partial charge < -0.3 is 4.90 Å². The highest BCUT2D eigenvalue weighted by atomic mass is 16.2. The number of hydrogen-bond donors (Lipinski definition) is 0. The monoisotopic (exact) mass is 287 g/mol. The summed E-state index contributed by atoms with van der Waals surface area (Å²) < 4.78 is 0. The average Bonchev–Trinajstić information content (AvgIpc) is 2.46. The third kappa shape index (κ3) is 4.55. The van der Waals surface area contributed by atoms with Gasteiger partial charge in [-0.3, -0.25) is 9.59 Å². The normalized spacial score (nSPS) is 12.3. The van der Waals surface area contributed by atoms with Gasteiger partial charge in [-0.05, 0) is 31.9 Å². The number of amides is 1. The molecule has 21 heavy (non-hydrogen) atoms. The van der Waals surface area contributed by atoms with E-state index in [2.05, 4.69) is 6.58 Å². The van der Waals surface area contributed by atoms with Crippen molar-refractivity contribution in [3.05, 3.63) is 48.6 Å². The molecule has 1 rings (SSSR count). The summed E-state index contributed by atoms with van der Waals surface area (Å²) in [6, 6.07) is 9.31. The summed E-state index contributed by atoms with van der Waals surface area (Å²) in [6.07, 6.45) is 1.82. The lowest BCUT2D eigenvalue weighted by atomic mass is 9.93. The van der Waals surface area contributed by atoms with Gasteiger partial charge in [0.05, 0.1) is 6.04 Å². The Hall–Kier alpha value is -1.90. The lowest BCUT2D eigenvalue weighted by molar-refractivity contribution is -0.139. The van der Waals surface area contributed by atoms with E-state index in [1.54, 1.807) is 4.90 Å². The van der Waals surface area contributed by atoms with Gasteiger partial charge in [0.1, 0.15) is 0 Å². The molecule has 3 nitrogen and oxygen atoms in total. The maximum absolute atomic E-state index is 12.6. The van der Waals surface area contributed by atoms with Crippen LogP contribution in [0, 0.1) is 5.92 Å². The Kier molecular flexibility index (Phi) is 6.35. The molecule has 1 atom stereocenters. The van der Waals surface area contributed by atoms with E-state index in [1.165, 1.54) is 6.08 Å². The second-order valence-electron chi connectivity index (χ2n) is 5.81. The van der Waals surface area contributed by atoms with Gasteiger partial charge in [-0.15, -0.1) is 0 Å². The highest BCUT2D eigenvalue weighted by molar-refractivity contribution is 5.94. The van der Waals surface area contributed by atoms with Gasteiger partial charge in [0, 0.05) is 12.0 Å². The zero-order valence-electron chi connectivity index (χ0n) is 13.4. The van der Waals surface area contributed by atoms with E-state index in [1.807, 2.05) is 58.0 Å². The smallest absolute Gasteiger partial charge is 0.246 e. The number of Topliss-reactive ketones (excluding diaryl/α,β-unsaturated/α-hetero) is 1. The number of carbonyl (C=O) groups is 2. The predicted molar refractivity (Wildman–Crippen MR) is 86.0 cm³/mol.